The molecular formula is C21H27ClN2O3. The number of carbonyl (C=O) groups is 1. The van der Waals surface area contributed by atoms with Crippen molar-refractivity contribution in [2.24, 2.45) is 0 Å². The maximum atomic E-state index is 11.9. The Labute approximate surface area is 166 Å². The van der Waals surface area contributed by atoms with Gasteiger partial charge in [-0.2, -0.15) is 0 Å². The summed E-state index contributed by atoms with van der Waals surface area (Å²) in [6.07, 6.45) is 1.46. The molecule has 0 bridgehead atoms. The van der Waals surface area contributed by atoms with E-state index in [9.17, 15) is 4.79 Å². The van der Waals surface area contributed by atoms with Crippen LogP contribution in [-0.2, 0) is 12.8 Å². The topological polar surface area (TPSA) is 59.6 Å². The molecule has 0 atom stereocenters. The van der Waals surface area contributed by atoms with E-state index in [4.69, 9.17) is 21.1 Å². The summed E-state index contributed by atoms with van der Waals surface area (Å²) in [6.45, 7) is 6.16. The van der Waals surface area contributed by atoms with Crippen molar-refractivity contribution in [3.05, 3.63) is 58.6 Å². The van der Waals surface area contributed by atoms with E-state index in [-0.39, 0.29) is 6.03 Å². The summed E-state index contributed by atoms with van der Waals surface area (Å²) in [4.78, 5) is 11.9. The molecule has 5 nitrogen and oxygen atoms in total. The van der Waals surface area contributed by atoms with Crippen LogP contribution >= 0.6 is 11.6 Å². The highest BCUT2D eigenvalue weighted by Gasteiger charge is 2.07. The standard InChI is InChI=1S/C21H27ClN2O3/c1-3-26-19-9-8-17(15-20(19)27-4-2)11-13-24-21(25)23-12-10-16-6-5-7-18(22)14-16/h5-9,14-15H,3-4,10-13H2,1-2H3,(H2,23,24,25). The molecule has 2 N–H and O–H groups in total. The molecule has 0 saturated heterocycles. The van der Waals surface area contributed by atoms with Gasteiger partial charge in [0.15, 0.2) is 11.5 Å². The molecule has 2 aromatic rings. The number of ether oxygens (including phenoxy) is 2. The van der Waals surface area contributed by atoms with Gasteiger partial charge in [0.2, 0.25) is 0 Å². The minimum absolute atomic E-state index is 0.173. The molecule has 27 heavy (non-hydrogen) atoms. The van der Waals surface area contributed by atoms with Crippen LogP contribution in [0.4, 0.5) is 4.79 Å². The molecule has 0 spiro atoms. The molecule has 0 aromatic heterocycles. The van der Waals surface area contributed by atoms with E-state index < -0.39 is 0 Å². The summed E-state index contributed by atoms with van der Waals surface area (Å²) in [5.74, 6) is 1.48. The minimum Gasteiger partial charge on any atom is -0.490 e. The molecule has 0 unspecified atom stereocenters. The van der Waals surface area contributed by atoms with E-state index in [1.165, 1.54) is 0 Å². The summed E-state index contributed by atoms with van der Waals surface area (Å²) in [6, 6.07) is 13.3. The van der Waals surface area contributed by atoms with Crippen LogP contribution in [0.2, 0.25) is 5.02 Å². The largest absolute Gasteiger partial charge is 0.490 e. The zero-order valence-electron chi connectivity index (χ0n) is 15.9. The fourth-order valence-electron chi connectivity index (χ4n) is 2.65. The molecule has 0 heterocycles. The lowest BCUT2D eigenvalue weighted by Gasteiger charge is -2.13. The number of carbonyl (C=O) groups excluding carboxylic acids is 1. The van der Waals surface area contributed by atoms with E-state index in [1.54, 1.807) is 0 Å². The smallest absolute Gasteiger partial charge is 0.314 e. The van der Waals surface area contributed by atoms with Gasteiger partial charge < -0.3 is 20.1 Å². The molecule has 6 heteroatoms. The maximum Gasteiger partial charge on any atom is 0.314 e. The first-order valence-electron chi connectivity index (χ1n) is 9.27. The number of rotatable bonds is 10. The molecule has 0 saturated carbocycles. The quantitative estimate of drug-likeness (QED) is 0.638. The molecule has 0 aliphatic heterocycles. The van der Waals surface area contributed by atoms with E-state index in [0.29, 0.717) is 37.7 Å². The van der Waals surface area contributed by atoms with Gasteiger partial charge in [0.1, 0.15) is 0 Å². The van der Waals surface area contributed by atoms with E-state index in [2.05, 4.69) is 10.6 Å². The Kier molecular flexibility index (Phi) is 8.78. The first-order chi connectivity index (χ1) is 13.1. The maximum absolute atomic E-state index is 11.9. The van der Waals surface area contributed by atoms with Crippen LogP contribution in [0.1, 0.15) is 25.0 Å². The highest BCUT2D eigenvalue weighted by atomic mass is 35.5. The van der Waals surface area contributed by atoms with Crippen LogP contribution in [0.3, 0.4) is 0 Å². The molecular weight excluding hydrogens is 364 g/mol. The van der Waals surface area contributed by atoms with Gasteiger partial charge in [0, 0.05) is 18.1 Å². The van der Waals surface area contributed by atoms with Crippen LogP contribution in [-0.4, -0.2) is 32.3 Å². The molecule has 146 valence electrons. The second-order valence-corrected chi connectivity index (χ2v) is 6.40. The van der Waals surface area contributed by atoms with Crippen LogP contribution < -0.4 is 20.1 Å². The summed E-state index contributed by atoms with van der Waals surface area (Å²) in [5, 5.41) is 6.44. The zero-order chi connectivity index (χ0) is 19.5. The number of hydrogen-bond donors (Lipinski definition) is 2. The number of urea groups is 1. The van der Waals surface area contributed by atoms with Crippen LogP contribution in [0.25, 0.3) is 0 Å². The van der Waals surface area contributed by atoms with Crippen molar-refractivity contribution in [3.8, 4) is 11.5 Å². The molecule has 0 radical (unpaired) electrons. The van der Waals surface area contributed by atoms with Crippen LogP contribution in [0, 0.1) is 0 Å². The second kappa shape index (κ2) is 11.3. The molecule has 2 rings (SSSR count). The number of nitrogens with one attached hydrogen (secondary N) is 2. The number of halogens is 1. The lowest BCUT2D eigenvalue weighted by molar-refractivity contribution is 0.241. The van der Waals surface area contributed by atoms with Crippen molar-refractivity contribution < 1.29 is 14.3 Å². The fourth-order valence-corrected chi connectivity index (χ4v) is 2.86. The summed E-state index contributed by atoms with van der Waals surface area (Å²) < 4.78 is 11.2. The normalized spacial score (nSPS) is 10.3. The zero-order valence-corrected chi connectivity index (χ0v) is 16.6. The number of hydrogen-bond acceptors (Lipinski definition) is 3. The Hall–Kier alpha value is -2.40. The summed E-state index contributed by atoms with van der Waals surface area (Å²) >= 11 is 5.95. The Morgan fingerprint density at radius 1 is 0.889 bits per heavy atom. The van der Waals surface area contributed by atoms with Gasteiger partial charge in [-0.25, -0.2) is 4.79 Å². The van der Waals surface area contributed by atoms with Gasteiger partial charge in [0.05, 0.1) is 13.2 Å². The molecule has 0 aliphatic rings. The lowest BCUT2D eigenvalue weighted by atomic mass is 10.1. The van der Waals surface area contributed by atoms with Crippen LogP contribution in [0.15, 0.2) is 42.5 Å². The molecule has 2 amide bonds. The number of benzene rings is 2. The average molecular weight is 391 g/mol. The summed E-state index contributed by atoms with van der Waals surface area (Å²) in [5.41, 5.74) is 2.18. The molecule has 0 fully saturated rings. The van der Waals surface area contributed by atoms with Gasteiger partial charge in [0.25, 0.3) is 0 Å². The van der Waals surface area contributed by atoms with Crippen molar-refractivity contribution in [2.45, 2.75) is 26.7 Å². The van der Waals surface area contributed by atoms with Crippen molar-refractivity contribution in [2.75, 3.05) is 26.3 Å². The van der Waals surface area contributed by atoms with E-state index in [0.717, 1.165) is 29.0 Å². The SMILES string of the molecule is CCOc1ccc(CCNC(=O)NCCc2cccc(Cl)c2)cc1OCC. The van der Waals surface area contributed by atoms with Crippen molar-refractivity contribution >= 4 is 17.6 Å². The van der Waals surface area contributed by atoms with Crippen molar-refractivity contribution in [1.29, 1.82) is 0 Å². The monoisotopic (exact) mass is 390 g/mol. The number of amides is 2. The highest BCUT2D eigenvalue weighted by molar-refractivity contribution is 6.30. The average Bonchev–Trinajstić information content (AvgIpc) is 2.64. The van der Waals surface area contributed by atoms with Gasteiger partial charge >= 0.3 is 6.03 Å². The predicted molar refractivity (Wildman–Crippen MR) is 109 cm³/mol. The molecule has 0 aliphatic carbocycles. The van der Waals surface area contributed by atoms with E-state index >= 15 is 0 Å². The van der Waals surface area contributed by atoms with E-state index in [1.807, 2.05) is 56.3 Å². The van der Waals surface area contributed by atoms with Gasteiger partial charge in [-0.15, -0.1) is 0 Å². The third-order valence-corrected chi connectivity index (χ3v) is 4.13. The van der Waals surface area contributed by atoms with Crippen molar-refractivity contribution in [1.82, 2.24) is 10.6 Å². The minimum atomic E-state index is -0.173. The summed E-state index contributed by atoms with van der Waals surface area (Å²) in [7, 11) is 0. The Morgan fingerprint density at radius 2 is 1.52 bits per heavy atom. The Morgan fingerprint density at radius 3 is 2.15 bits per heavy atom. The first-order valence-corrected chi connectivity index (χ1v) is 9.64. The van der Waals surface area contributed by atoms with Gasteiger partial charge in [-0.3, -0.25) is 0 Å². The third-order valence-electron chi connectivity index (χ3n) is 3.90. The third kappa shape index (κ3) is 7.39. The van der Waals surface area contributed by atoms with Gasteiger partial charge in [-0.1, -0.05) is 29.8 Å². The fraction of sp³-hybridized carbons (Fsp3) is 0.381. The second-order valence-electron chi connectivity index (χ2n) is 5.96. The lowest BCUT2D eigenvalue weighted by Crippen LogP contribution is -2.37. The molecule has 2 aromatic carbocycles. The Bertz CT molecular complexity index is 737. The van der Waals surface area contributed by atoms with Crippen molar-refractivity contribution in [3.63, 3.8) is 0 Å². The first kappa shape index (κ1) is 20.9. The predicted octanol–water partition coefficient (Wildman–Crippen LogP) is 4.22. The highest BCUT2D eigenvalue weighted by Crippen LogP contribution is 2.28. The van der Waals surface area contributed by atoms with Crippen LogP contribution in [0.5, 0.6) is 11.5 Å². The van der Waals surface area contributed by atoms with Gasteiger partial charge in [-0.05, 0) is 62.1 Å². The Balaban J connectivity index is 1.73.